The van der Waals surface area contributed by atoms with E-state index in [0.717, 1.165) is 5.56 Å². The van der Waals surface area contributed by atoms with Crippen LogP contribution in [0.2, 0.25) is 0 Å². The molecule has 0 saturated carbocycles. The number of phenols is 1. The molecule has 1 aromatic heterocycles. The smallest absolute Gasteiger partial charge is 0.257 e. The molecule has 4 rings (SSSR count). The average molecular weight is 390 g/mol. The largest absolute Gasteiger partial charge is 0.507 e. The molecule has 7 nitrogen and oxygen atoms in total. The first-order chi connectivity index (χ1) is 14.1. The molecule has 0 radical (unpaired) electrons. The van der Waals surface area contributed by atoms with Gasteiger partial charge in [0.2, 0.25) is 0 Å². The van der Waals surface area contributed by atoms with Crippen LogP contribution in [-0.2, 0) is 6.54 Å². The molecule has 2 amide bonds. The van der Waals surface area contributed by atoms with E-state index >= 15 is 0 Å². The van der Waals surface area contributed by atoms with E-state index in [4.69, 9.17) is 0 Å². The summed E-state index contributed by atoms with van der Waals surface area (Å²) in [7, 11) is 0. The van der Waals surface area contributed by atoms with E-state index in [-0.39, 0.29) is 17.6 Å². The Labute approximate surface area is 168 Å². The van der Waals surface area contributed by atoms with Crippen LogP contribution in [0.5, 0.6) is 5.75 Å². The summed E-state index contributed by atoms with van der Waals surface area (Å²) in [6, 6.07) is 15.9. The Morgan fingerprint density at radius 2 is 1.52 bits per heavy atom. The highest BCUT2D eigenvalue weighted by Crippen LogP contribution is 2.19. The van der Waals surface area contributed by atoms with Crippen molar-refractivity contribution >= 4 is 11.8 Å². The number of benzene rings is 2. The van der Waals surface area contributed by atoms with Crippen LogP contribution < -0.4 is 0 Å². The number of piperazine rings is 1. The minimum atomic E-state index is -0.210. The summed E-state index contributed by atoms with van der Waals surface area (Å²) < 4.78 is 1.83. The number of aromatic nitrogens is 2. The van der Waals surface area contributed by atoms with Crippen LogP contribution in [-0.4, -0.2) is 62.7 Å². The van der Waals surface area contributed by atoms with Crippen LogP contribution in [0.4, 0.5) is 0 Å². The van der Waals surface area contributed by atoms with Crippen molar-refractivity contribution in [3.05, 3.63) is 83.7 Å². The topological polar surface area (TPSA) is 78.7 Å². The number of amides is 2. The van der Waals surface area contributed by atoms with Crippen LogP contribution in [0.25, 0.3) is 0 Å². The SMILES string of the molecule is O=C(c1ccc(Cn2cccn2)cc1)N1CCN(C(=O)c2ccccc2O)CC1. The number of phenolic OH excluding ortho intramolecular Hbond substituents is 1. The van der Waals surface area contributed by atoms with Gasteiger partial charge in [-0.3, -0.25) is 14.3 Å². The maximum atomic E-state index is 12.8. The molecule has 7 heteroatoms. The fourth-order valence-corrected chi connectivity index (χ4v) is 3.45. The second-order valence-corrected chi connectivity index (χ2v) is 7.00. The van der Waals surface area contributed by atoms with Crippen LogP contribution in [0, 0.1) is 0 Å². The fourth-order valence-electron chi connectivity index (χ4n) is 3.45. The zero-order valence-electron chi connectivity index (χ0n) is 15.9. The van der Waals surface area contributed by atoms with Crippen molar-refractivity contribution in [2.75, 3.05) is 26.2 Å². The minimum Gasteiger partial charge on any atom is -0.507 e. The maximum absolute atomic E-state index is 12.8. The third-order valence-corrected chi connectivity index (χ3v) is 5.09. The molecule has 2 aromatic carbocycles. The highest BCUT2D eigenvalue weighted by molar-refractivity contribution is 5.97. The lowest BCUT2D eigenvalue weighted by atomic mass is 10.1. The van der Waals surface area contributed by atoms with Gasteiger partial charge in [-0.1, -0.05) is 24.3 Å². The normalized spacial score (nSPS) is 14.1. The van der Waals surface area contributed by atoms with E-state index < -0.39 is 0 Å². The van der Waals surface area contributed by atoms with E-state index in [9.17, 15) is 14.7 Å². The quantitative estimate of drug-likeness (QED) is 0.741. The summed E-state index contributed by atoms with van der Waals surface area (Å²) in [6.07, 6.45) is 3.64. The fraction of sp³-hybridized carbons (Fsp3) is 0.227. The predicted molar refractivity (Wildman–Crippen MR) is 108 cm³/mol. The summed E-state index contributed by atoms with van der Waals surface area (Å²) in [5.74, 6) is -0.269. The van der Waals surface area contributed by atoms with Gasteiger partial charge in [-0.15, -0.1) is 0 Å². The lowest BCUT2D eigenvalue weighted by Crippen LogP contribution is -2.50. The molecule has 0 aliphatic carbocycles. The first-order valence-corrected chi connectivity index (χ1v) is 9.55. The predicted octanol–water partition coefficient (Wildman–Crippen LogP) is 2.24. The van der Waals surface area contributed by atoms with Gasteiger partial charge in [-0.05, 0) is 35.9 Å². The van der Waals surface area contributed by atoms with Crippen molar-refractivity contribution in [1.82, 2.24) is 19.6 Å². The average Bonchev–Trinajstić information content (AvgIpc) is 3.27. The Bertz CT molecular complexity index is 991. The first-order valence-electron chi connectivity index (χ1n) is 9.55. The van der Waals surface area contributed by atoms with E-state index in [1.807, 2.05) is 41.2 Å². The van der Waals surface area contributed by atoms with Crippen LogP contribution >= 0.6 is 0 Å². The summed E-state index contributed by atoms with van der Waals surface area (Å²) in [4.78, 5) is 28.8. The number of aromatic hydroxyl groups is 1. The molecule has 0 bridgehead atoms. The molecule has 3 aromatic rings. The van der Waals surface area contributed by atoms with Crippen LogP contribution in [0.1, 0.15) is 26.3 Å². The summed E-state index contributed by atoms with van der Waals surface area (Å²) in [6.45, 7) is 2.47. The summed E-state index contributed by atoms with van der Waals surface area (Å²) >= 11 is 0. The number of carbonyl (C=O) groups excluding carboxylic acids is 2. The minimum absolute atomic E-state index is 0.0220. The molecule has 29 heavy (non-hydrogen) atoms. The van der Waals surface area contributed by atoms with Crippen LogP contribution in [0.15, 0.2) is 67.0 Å². The third-order valence-electron chi connectivity index (χ3n) is 5.09. The number of hydrogen-bond donors (Lipinski definition) is 1. The Morgan fingerprint density at radius 1 is 0.862 bits per heavy atom. The summed E-state index contributed by atoms with van der Waals surface area (Å²) in [5.41, 5.74) is 2.00. The highest BCUT2D eigenvalue weighted by atomic mass is 16.3. The molecule has 2 heterocycles. The zero-order valence-corrected chi connectivity index (χ0v) is 15.9. The van der Waals surface area contributed by atoms with Gasteiger partial charge in [0.05, 0.1) is 12.1 Å². The molecule has 1 aliphatic rings. The number of hydrogen-bond acceptors (Lipinski definition) is 4. The number of nitrogens with zero attached hydrogens (tertiary/aromatic N) is 4. The number of carbonyl (C=O) groups is 2. The van der Waals surface area contributed by atoms with E-state index in [1.165, 1.54) is 6.07 Å². The van der Waals surface area contributed by atoms with Gasteiger partial charge in [-0.25, -0.2) is 0 Å². The lowest BCUT2D eigenvalue weighted by molar-refractivity contribution is 0.0533. The lowest BCUT2D eigenvalue weighted by Gasteiger charge is -2.35. The van der Waals surface area contributed by atoms with Gasteiger partial charge in [0.1, 0.15) is 5.75 Å². The third kappa shape index (κ3) is 4.13. The van der Waals surface area contributed by atoms with Gasteiger partial charge >= 0.3 is 0 Å². The van der Waals surface area contributed by atoms with Gasteiger partial charge in [-0.2, -0.15) is 5.10 Å². The Kier molecular flexibility index (Phi) is 5.29. The maximum Gasteiger partial charge on any atom is 0.257 e. The number of para-hydroxylation sites is 1. The molecule has 1 fully saturated rings. The molecular formula is C22H22N4O3. The second-order valence-electron chi connectivity index (χ2n) is 7.00. The van der Waals surface area contributed by atoms with Crippen molar-refractivity contribution in [1.29, 1.82) is 0 Å². The molecule has 148 valence electrons. The molecule has 1 N–H and O–H groups in total. The summed E-state index contributed by atoms with van der Waals surface area (Å²) in [5, 5.41) is 14.1. The Hall–Kier alpha value is -3.61. The number of rotatable bonds is 4. The second kappa shape index (κ2) is 8.18. The first kappa shape index (κ1) is 18.7. The van der Waals surface area contributed by atoms with Gasteiger partial charge in [0, 0.05) is 44.1 Å². The van der Waals surface area contributed by atoms with Crippen molar-refractivity contribution in [3.63, 3.8) is 0 Å². The zero-order chi connectivity index (χ0) is 20.2. The van der Waals surface area contributed by atoms with Crippen molar-refractivity contribution in [3.8, 4) is 5.75 Å². The molecule has 0 unspecified atom stereocenters. The molecule has 1 aliphatic heterocycles. The molecule has 1 saturated heterocycles. The van der Waals surface area contributed by atoms with E-state index in [2.05, 4.69) is 5.10 Å². The Balaban J connectivity index is 1.35. The molecular weight excluding hydrogens is 368 g/mol. The molecule has 0 spiro atoms. The highest BCUT2D eigenvalue weighted by Gasteiger charge is 2.26. The van der Waals surface area contributed by atoms with Gasteiger partial charge in [0.15, 0.2) is 0 Å². The van der Waals surface area contributed by atoms with Crippen molar-refractivity contribution < 1.29 is 14.7 Å². The van der Waals surface area contributed by atoms with Crippen molar-refractivity contribution in [2.24, 2.45) is 0 Å². The van der Waals surface area contributed by atoms with E-state index in [0.29, 0.717) is 43.9 Å². The monoisotopic (exact) mass is 390 g/mol. The molecule has 0 atom stereocenters. The van der Waals surface area contributed by atoms with Gasteiger partial charge < -0.3 is 14.9 Å². The van der Waals surface area contributed by atoms with E-state index in [1.54, 1.807) is 34.2 Å². The van der Waals surface area contributed by atoms with Crippen LogP contribution in [0.3, 0.4) is 0 Å². The van der Waals surface area contributed by atoms with Gasteiger partial charge in [0.25, 0.3) is 11.8 Å². The Morgan fingerprint density at radius 3 is 2.14 bits per heavy atom. The van der Waals surface area contributed by atoms with Crippen molar-refractivity contribution in [2.45, 2.75) is 6.54 Å². The standard InChI is InChI=1S/C22H22N4O3/c27-20-5-2-1-4-19(20)22(29)25-14-12-24(13-15-25)21(28)18-8-6-17(7-9-18)16-26-11-3-10-23-26/h1-11,27H,12-16H2.